The van der Waals surface area contributed by atoms with Crippen LogP contribution in [-0.4, -0.2) is 13.4 Å². The maximum absolute atomic E-state index is 5.77. The average molecular weight is 348 g/mol. The van der Waals surface area contributed by atoms with Crippen molar-refractivity contribution in [2.24, 2.45) is 5.92 Å². The molecule has 2 unspecified atom stereocenters. The summed E-state index contributed by atoms with van der Waals surface area (Å²) in [6, 6.07) is 8.29. The van der Waals surface area contributed by atoms with E-state index in [4.69, 9.17) is 9.47 Å². The average Bonchev–Trinajstić information content (AvgIpc) is 2.35. The van der Waals surface area contributed by atoms with Crippen LogP contribution in [0.4, 0.5) is 0 Å². The van der Waals surface area contributed by atoms with Crippen LogP contribution < -0.4 is 4.74 Å². The lowest BCUT2D eigenvalue weighted by atomic mass is 10.1. The lowest BCUT2D eigenvalue weighted by Gasteiger charge is -2.21. The number of halogens is 1. The van der Waals surface area contributed by atoms with Gasteiger partial charge in [0.1, 0.15) is 5.75 Å². The van der Waals surface area contributed by atoms with Crippen LogP contribution in [0.15, 0.2) is 24.3 Å². The summed E-state index contributed by atoms with van der Waals surface area (Å²) in [6.07, 6.45) is 0.968. The summed E-state index contributed by atoms with van der Waals surface area (Å²) in [5, 5.41) is 0. The molecule has 0 aliphatic carbocycles. The third-order valence-electron chi connectivity index (χ3n) is 2.63. The molecule has 0 N–H and O–H groups in total. The van der Waals surface area contributed by atoms with Crippen LogP contribution in [0, 0.1) is 5.92 Å². The highest BCUT2D eigenvalue weighted by Gasteiger charge is 2.14. The molecule has 1 aromatic rings. The minimum absolute atomic E-state index is 0.178. The van der Waals surface area contributed by atoms with Gasteiger partial charge < -0.3 is 9.47 Å². The van der Waals surface area contributed by atoms with Crippen LogP contribution in [0.3, 0.4) is 0 Å². The molecule has 0 bridgehead atoms. The first-order valence-electron chi connectivity index (χ1n) is 6.02. The summed E-state index contributed by atoms with van der Waals surface area (Å²) in [5.41, 5.74) is 1.35. The van der Waals surface area contributed by atoms with Gasteiger partial charge in [-0.15, -0.1) is 0 Å². The Hall–Kier alpha value is -0.290. The van der Waals surface area contributed by atoms with Gasteiger partial charge in [0.2, 0.25) is 6.29 Å². The quantitative estimate of drug-likeness (QED) is 0.426. The Morgan fingerprint density at radius 1 is 1.18 bits per heavy atom. The van der Waals surface area contributed by atoms with Crippen LogP contribution >= 0.6 is 22.6 Å². The van der Waals surface area contributed by atoms with Crippen LogP contribution in [0.25, 0.3) is 0 Å². The number of ether oxygens (including phenoxy) is 2. The van der Waals surface area contributed by atoms with E-state index in [0.29, 0.717) is 9.84 Å². The van der Waals surface area contributed by atoms with Gasteiger partial charge in [-0.3, -0.25) is 0 Å². The van der Waals surface area contributed by atoms with Crippen molar-refractivity contribution in [3.63, 3.8) is 0 Å². The molecule has 0 heterocycles. The highest BCUT2D eigenvalue weighted by atomic mass is 127. The van der Waals surface area contributed by atoms with Gasteiger partial charge in [-0.2, -0.15) is 0 Å². The lowest BCUT2D eigenvalue weighted by molar-refractivity contribution is -0.0833. The minimum atomic E-state index is -0.178. The van der Waals surface area contributed by atoms with E-state index in [0.717, 1.165) is 12.2 Å². The van der Waals surface area contributed by atoms with Gasteiger partial charge in [0.15, 0.2) is 0 Å². The molecule has 0 fully saturated rings. The maximum Gasteiger partial charge on any atom is 0.201 e. The Balaban J connectivity index is 2.67. The summed E-state index contributed by atoms with van der Waals surface area (Å²) in [6.45, 7) is 6.36. The topological polar surface area (TPSA) is 18.5 Å². The number of rotatable bonds is 6. The molecule has 0 spiro atoms. The standard InChI is InChI=1S/C14H21IO2/c1-5-13(15)11-6-8-12(9-7-11)17-14(16-4)10(2)3/h6-10,13-14H,5H2,1-4H3. The van der Waals surface area contributed by atoms with E-state index >= 15 is 0 Å². The van der Waals surface area contributed by atoms with Gasteiger partial charge >= 0.3 is 0 Å². The van der Waals surface area contributed by atoms with E-state index in [9.17, 15) is 0 Å². The van der Waals surface area contributed by atoms with Crippen LogP contribution in [-0.2, 0) is 4.74 Å². The predicted octanol–water partition coefficient (Wildman–Crippen LogP) is 4.58. The maximum atomic E-state index is 5.77. The summed E-state index contributed by atoms with van der Waals surface area (Å²) in [4.78, 5) is 0. The SMILES string of the molecule is CCC(I)c1ccc(OC(OC)C(C)C)cc1. The molecule has 17 heavy (non-hydrogen) atoms. The van der Waals surface area contributed by atoms with Crippen molar-refractivity contribution in [2.75, 3.05) is 7.11 Å². The smallest absolute Gasteiger partial charge is 0.201 e. The fourth-order valence-electron chi connectivity index (χ4n) is 1.58. The van der Waals surface area contributed by atoms with Crippen molar-refractivity contribution in [3.8, 4) is 5.75 Å². The summed E-state index contributed by atoms with van der Waals surface area (Å²) >= 11 is 2.46. The van der Waals surface area contributed by atoms with E-state index in [-0.39, 0.29) is 6.29 Å². The zero-order valence-electron chi connectivity index (χ0n) is 10.9. The van der Waals surface area contributed by atoms with E-state index < -0.39 is 0 Å². The molecule has 2 nitrogen and oxygen atoms in total. The molecule has 2 atom stereocenters. The van der Waals surface area contributed by atoms with Gasteiger partial charge in [-0.05, 0) is 24.1 Å². The Bertz CT molecular complexity index is 321. The molecular formula is C14H21IO2. The lowest BCUT2D eigenvalue weighted by Crippen LogP contribution is -2.24. The van der Waals surface area contributed by atoms with Crippen LogP contribution in [0.1, 0.15) is 36.7 Å². The second-order valence-corrected chi connectivity index (χ2v) is 5.91. The number of methoxy groups -OCH3 is 1. The molecule has 96 valence electrons. The normalized spacial score (nSPS) is 14.7. The molecule has 1 aromatic carbocycles. The fraction of sp³-hybridized carbons (Fsp3) is 0.571. The Morgan fingerprint density at radius 2 is 1.76 bits per heavy atom. The van der Waals surface area contributed by atoms with Gasteiger partial charge in [0, 0.05) is 17.0 Å². The first-order valence-corrected chi connectivity index (χ1v) is 7.26. The monoisotopic (exact) mass is 348 g/mol. The summed E-state index contributed by atoms with van der Waals surface area (Å²) in [5.74, 6) is 1.21. The van der Waals surface area contributed by atoms with Gasteiger partial charge in [0.25, 0.3) is 0 Å². The Morgan fingerprint density at radius 3 is 2.18 bits per heavy atom. The van der Waals surface area contributed by atoms with Crippen molar-refractivity contribution in [1.82, 2.24) is 0 Å². The molecule has 0 amide bonds. The van der Waals surface area contributed by atoms with Crippen molar-refractivity contribution in [2.45, 2.75) is 37.4 Å². The van der Waals surface area contributed by atoms with E-state index in [2.05, 4.69) is 55.5 Å². The number of benzene rings is 1. The molecular weight excluding hydrogens is 327 g/mol. The zero-order valence-corrected chi connectivity index (χ0v) is 13.1. The number of alkyl halides is 1. The second-order valence-electron chi connectivity index (χ2n) is 4.41. The molecule has 0 aromatic heterocycles. The van der Waals surface area contributed by atoms with E-state index in [1.165, 1.54) is 5.56 Å². The van der Waals surface area contributed by atoms with Crippen molar-refractivity contribution in [3.05, 3.63) is 29.8 Å². The van der Waals surface area contributed by atoms with Crippen LogP contribution in [0.5, 0.6) is 5.75 Å². The van der Waals surface area contributed by atoms with Crippen molar-refractivity contribution >= 4 is 22.6 Å². The van der Waals surface area contributed by atoms with E-state index in [1.54, 1.807) is 7.11 Å². The zero-order chi connectivity index (χ0) is 12.8. The summed E-state index contributed by atoms with van der Waals surface area (Å²) in [7, 11) is 1.68. The number of hydrogen-bond acceptors (Lipinski definition) is 2. The third kappa shape index (κ3) is 4.47. The molecule has 0 saturated heterocycles. The molecule has 0 aliphatic rings. The van der Waals surface area contributed by atoms with Gasteiger partial charge in [-0.1, -0.05) is 55.5 Å². The van der Waals surface area contributed by atoms with Crippen molar-refractivity contribution in [1.29, 1.82) is 0 Å². The van der Waals surface area contributed by atoms with E-state index in [1.807, 2.05) is 12.1 Å². The second kappa shape index (κ2) is 7.21. The highest BCUT2D eigenvalue weighted by molar-refractivity contribution is 14.1. The first kappa shape index (κ1) is 14.8. The fourth-order valence-corrected chi connectivity index (χ4v) is 2.00. The largest absolute Gasteiger partial charge is 0.465 e. The van der Waals surface area contributed by atoms with Gasteiger partial charge in [-0.25, -0.2) is 0 Å². The molecule has 1 rings (SSSR count). The molecule has 0 saturated carbocycles. The van der Waals surface area contributed by atoms with Crippen LogP contribution in [0.2, 0.25) is 0 Å². The third-order valence-corrected chi connectivity index (χ3v) is 4.23. The molecule has 0 radical (unpaired) electrons. The minimum Gasteiger partial charge on any atom is -0.465 e. The Labute approximate surface area is 118 Å². The molecule has 3 heteroatoms. The Kier molecular flexibility index (Phi) is 6.27. The summed E-state index contributed by atoms with van der Waals surface area (Å²) < 4.78 is 11.6. The van der Waals surface area contributed by atoms with Crippen molar-refractivity contribution < 1.29 is 9.47 Å². The highest BCUT2D eigenvalue weighted by Crippen LogP contribution is 2.28. The number of hydrogen-bond donors (Lipinski definition) is 0. The first-order chi connectivity index (χ1) is 8.08. The van der Waals surface area contributed by atoms with Gasteiger partial charge in [0.05, 0.1) is 0 Å². The molecule has 0 aliphatic heterocycles. The predicted molar refractivity (Wildman–Crippen MR) is 79.8 cm³/mol.